The molecule has 1 saturated heterocycles. The smallest absolute Gasteiger partial charge is 0.343 e. The van der Waals surface area contributed by atoms with Gasteiger partial charge in [-0.1, -0.05) is 83.8 Å². The largest absolute Gasteiger partial charge is 0.416 e. The molecular weight excluding hydrogens is 1160 g/mol. The summed E-state index contributed by atoms with van der Waals surface area (Å²) in [6.45, 7) is 14.8. The maximum absolute atomic E-state index is 14.6. The molecule has 26 heteroatoms. The molecule has 484 valence electrons. The Hall–Kier alpha value is -7.31. The standard InChI is InChI=1S/C61H91ClF3N11O11/c1-17-37(6)52-58(86)73(13)33-50(79)71(11)34-51(80)76(16)47(31-41-20-25-43(62)26-21-41)57(85)72(12)32-48(77)66-44(27-22-40-18-23-42(24-19-40)61(63,64)65)54(82)67-45(28-35(2)3)55(83)70-60(9,10)59(87)68-46(29-36(4)5)56(84)74(14)38(7)30-49(78)75(15)39(8)53(81)69-52/h18-21,23-26,35-39,44-47,52H,17,22,27-34H2,1-16H3,(H,66,77)(H,67,82)(H,68,87)(H,69,81)(H,70,83)/t37-,38+,39-,44-,45+,46-,47-,52-/m0/s1. The molecule has 0 aliphatic carbocycles. The van der Waals surface area contributed by atoms with Gasteiger partial charge in [0.25, 0.3) is 0 Å². The Kier molecular flexibility index (Phi) is 27.7. The highest BCUT2D eigenvalue weighted by molar-refractivity contribution is 6.30. The van der Waals surface area contributed by atoms with E-state index < -0.39 is 150 Å². The second kappa shape index (κ2) is 32.6. The molecule has 0 unspecified atom stereocenters. The van der Waals surface area contributed by atoms with Gasteiger partial charge in [0.1, 0.15) is 41.8 Å². The number of rotatable bonds is 11. The first-order valence-electron chi connectivity index (χ1n) is 29.2. The van der Waals surface area contributed by atoms with E-state index in [1.165, 1.54) is 85.0 Å². The SMILES string of the molecule is CC[C@H](C)[C@@H]1NC(=O)[C@H](C)N(C)C(=O)C[C@@H](C)N(C)C(=O)[C@H](CC(C)C)NC(=O)C(C)(C)NC(=O)[C@@H](CC(C)C)NC(=O)[C@H](CCc2ccc(C(F)(F)F)cc2)NC(=O)CN(C)C(=O)[C@H](Cc2ccc(Cl)cc2)N(C)C(=O)CN(C)C(=O)CN(C)C1=O. The summed E-state index contributed by atoms with van der Waals surface area (Å²) in [5.41, 5.74) is -1.72. The van der Waals surface area contributed by atoms with Crippen molar-refractivity contribution in [1.29, 1.82) is 0 Å². The second-order valence-corrected chi connectivity index (χ2v) is 24.8. The number of alkyl halides is 3. The number of nitrogens with one attached hydrogen (secondary N) is 5. The molecule has 0 saturated carbocycles. The van der Waals surface area contributed by atoms with Crippen molar-refractivity contribution in [3.05, 3.63) is 70.2 Å². The number of likely N-dealkylation sites (N-methyl/N-ethyl adjacent to an activating group) is 6. The molecule has 0 spiro atoms. The molecule has 5 N–H and O–H groups in total. The summed E-state index contributed by atoms with van der Waals surface area (Å²) in [5.74, 6) is -8.75. The fourth-order valence-electron chi connectivity index (χ4n) is 9.48. The lowest BCUT2D eigenvalue weighted by atomic mass is 9.97. The van der Waals surface area contributed by atoms with Crippen molar-refractivity contribution in [2.45, 2.75) is 168 Å². The number of aryl methyl sites for hydroxylation is 1. The first-order valence-corrected chi connectivity index (χ1v) is 29.6. The van der Waals surface area contributed by atoms with E-state index >= 15 is 0 Å². The molecule has 0 radical (unpaired) electrons. The van der Waals surface area contributed by atoms with E-state index in [9.17, 15) is 65.9 Å². The molecule has 1 heterocycles. The molecule has 87 heavy (non-hydrogen) atoms. The second-order valence-electron chi connectivity index (χ2n) is 24.4. The monoisotopic (exact) mass is 1250 g/mol. The lowest BCUT2D eigenvalue weighted by molar-refractivity contribution is -0.148. The molecule has 22 nitrogen and oxygen atoms in total. The highest BCUT2D eigenvalue weighted by Gasteiger charge is 2.40. The molecule has 11 amide bonds. The van der Waals surface area contributed by atoms with Crippen LogP contribution in [0, 0.1) is 17.8 Å². The van der Waals surface area contributed by atoms with E-state index in [0.29, 0.717) is 22.6 Å². The summed E-state index contributed by atoms with van der Waals surface area (Å²) < 4.78 is 40.6. The Labute approximate surface area is 514 Å². The Bertz CT molecular complexity index is 2770. The van der Waals surface area contributed by atoms with Gasteiger partial charge in [-0.3, -0.25) is 52.7 Å². The summed E-state index contributed by atoms with van der Waals surface area (Å²) >= 11 is 6.17. The molecule has 1 aliphatic rings. The molecule has 0 aromatic heterocycles. The summed E-state index contributed by atoms with van der Waals surface area (Å²) in [4.78, 5) is 163. The molecule has 1 fully saturated rings. The lowest BCUT2D eigenvalue weighted by Gasteiger charge is -2.34. The van der Waals surface area contributed by atoms with Crippen LogP contribution >= 0.6 is 11.6 Å². The molecule has 8 atom stereocenters. The predicted molar refractivity (Wildman–Crippen MR) is 322 cm³/mol. The van der Waals surface area contributed by atoms with Crippen LogP contribution < -0.4 is 26.6 Å². The van der Waals surface area contributed by atoms with Gasteiger partial charge >= 0.3 is 6.18 Å². The number of nitrogens with zero attached hydrogens (tertiary/aromatic N) is 6. The fourth-order valence-corrected chi connectivity index (χ4v) is 9.61. The van der Waals surface area contributed by atoms with Crippen molar-refractivity contribution in [2.24, 2.45) is 17.8 Å². The molecule has 0 bridgehead atoms. The van der Waals surface area contributed by atoms with E-state index in [2.05, 4.69) is 26.6 Å². The highest BCUT2D eigenvalue weighted by Crippen LogP contribution is 2.29. The number of hydrogen-bond acceptors (Lipinski definition) is 11. The van der Waals surface area contributed by atoms with Crippen LogP contribution in [0.4, 0.5) is 13.2 Å². The maximum atomic E-state index is 14.6. The van der Waals surface area contributed by atoms with Crippen LogP contribution in [0.3, 0.4) is 0 Å². The van der Waals surface area contributed by atoms with Crippen LogP contribution in [0.2, 0.25) is 5.02 Å². The summed E-state index contributed by atoms with van der Waals surface area (Å²) in [5, 5.41) is 13.9. The molecule has 1 aliphatic heterocycles. The van der Waals surface area contributed by atoms with Gasteiger partial charge in [-0.15, -0.1) is 0 Å². The third-order valence-electron chi connectivity index (χ3n) is 15.7. The van der Waals surface area contributed by atoms with E-state index in [1.807, 2.05) is 13.8 Å². The quantitative estimate of drug-likeness (QED) is 0.216. The van der Waals surface area contributed by atoms with Gasteiger partial charge in [0.05, 0.1) is 25.2 Å². The Morgan fingerprint density at radius 1 is 0.586 bits per heavy atom. The van der Waals surface area contributed by atoms with Gasteiger partial charge in [0, 0.05) is 66.2 Å². The van der Waals surface area contributed by atoms with Gasteiger partial charge in [-0.25, -0.2) is 0 Å². The average Bonchev–Trinajstić information content (AvgIpc) is 3.66. The number of carbonyl (C=O) groups is 11. The van der Waals surface area contributed by atoms with E-state index in [4.69, 9.17) is 11.6 Å². The third kappa shape index (κ3) is 22.1. The minimum absolute atomic E-state index is 0.0150. The first kappa shape index (κ1) is 73.9. The number of hydrogen-bond donors (Lipinski definition) is 5. The number of carbonyl (C=O) groups excluding carboxylic acids is 11. The van der Waals surface area contributed by atoms with Gasteiger partial charge in [-0.2, -0.15) is 13.2 Å². The zero-order valence-electron chi connectivity index (χ0n) is 53.1. The van der Waals surface area contributed by atoms with Crippen LogP contribution in [-0.2, 0) is 71.8 Å². The minimum atomic E-state index is -4.63. The lowest BCUT2D eigenvalue weighted by Crippen LogP contribution is -2.63. The van der Waals surface area contributed by atoms with Gasteiger partial charge in [0.2, 0.25) is 65.0 Å². The Balaban J connectivity index is 2.16. The fraction of sp³-hybridized carbons (Fsp3) is 0.623. The summed E-state index contributed by atoms with van der Waals surface area (Å²) in [6, 6.07) is 2.30. The summed E-state index contributed by atoms with van der Waals surface area (Å²) in [7, 11) is 8.18. The number of halogens is 4. The number of amides is 11. The Morgan fingerprint density at radius 3 is 1.68 bits per heavy atom. The normalized spacial score (nSPS) is 24.0. The molecular formula is C61H91ClF3N11O11. The zero-order chi connectivity index (χ0) is 66.2. The van der Waals surface area contributed by atoms with Crippen LogP contribution in [0.5, 0.6) is 0 Å². The van der Waals surface area contributed by atoms with Crippen molar-refractivity contribution in [2.75, 3.05) is 61.9 Å². The average molecular weight is 1250 g/mol. The van der Waals surface area contributed by atoms with Crippen molar-refractivity contribution in [3.63, 3.8) is 0 Å². The van der Waals surface area contributed by atoms with Crippen molar-refractivity contribution >= 4 is 76.6 Å². The van der Waals surface area contributed by atoms with Crippen LogP contribution in [0.1, 0.15) is 118 Å². The Morgan fingerprint density at radius 2 is 1.13 bits per heavy atom. The van der Waals surface area contributed by atoms with Gasteiger partial charge in [0.15, 0.2) is 0 Å². The van der Waals surface area contributed by atoms with E-state index in [-0.39, 0.29) is 50.4 Å². The van der Waals surface area contributed by atoms with Crippen LogP contribution in [0.15, 0.2) is 48.5 Å². The maximum Gasteiger partial charge on any atom is 0.416 e. The van der Waals surface area contributed by atoms with Crippen molar-refractivity contribution < 1.29 is 65.9 Å². The van der Waals surface area contributed by atoms with Crippen molar-refractivity contribution in [3.8, 4) is 0 Å². The van der Waals surface area contributed by atoms with E-state index in [0.717, 1.165) is 31.7 Å². The minimum Gasteiger partial charge on any atom is -0.343 e. The molecule has 2 aromatic carbocycles. The molecule has 2 aromatic rings. The highest BCUT2D eigenvalue weighted by atomic mass is 35.5. The van der Waals surface area contributed by atoms with Gasteiger partial charge < -0.3 is 56.0 Å². The van der Waals surface area contributed by atoms with Crippen LogP contribution in [-0.4, -0.2) is 204 Å². The summed E-state index contributed by atoms with van der Waals surface area (Å²) in [6.07, 6.45) is -4.68. The number of benzene rings is 2. The molecule has 3 rings (SSSR count). The van der Waals surface area contributed by atoms with E-state index in [1.54, 1.807) is 58.9 Å². The third-order valence-corrected chi connectivity index (χ3v) is 16.0. The van der Waals surface area contributed by atoms with Crippen molar-refractivity contribution in [1.82, 2.24) is 56.0 Å². The predicted octanol–water partition coefficient (Wildman–Crippen LogP) is 3.81. The van der Waals surface area contributed by atoms with Crippen LogP contribution in [0.25, 0.3) is 0 Å². The van der Waals surface area contributed by atoms with Gasteiger partial charge in [-0.05, 0) is 107 Å². The first-order chi connectivity index (χ1) is 40.3. The zero-order valence-corrected chi connectivity index (χ0v) is 53.9. The topological polar surface area (TPSA) is 267 Å².